The summed E-state index contributed by atoms with van der Waals surface area (Å²) in [6.45, 7) is 15.8. The number of ether oxygens (including phenoxy) is 1. The lowest BCUT2D eigenvalue weighted by Crippen LogP contribution is -2.60. The van der Waals surface area contributed by atoms with Crippen molar-refractivity contribution in [2.75, 3.05) is 31.9 Å². The molecule has 4 atom stereocenters. The van der Waals surface area contributed by atoms with Crippen molar-refractivity contribution < 1.29 is 27.9 Å². The molecule has 2 heterocycles. The number of hydrogen-bond donors (Lipinski definition) is 1. The lowest BCUT2D eigenvalue weighted by molar-refractivity contribution is -0.0982. The van der Waals surface area contributed by atoms with Gasteiger partial charge in [-0.15, -0.1) is 0 Å². The summed E-state index contributed by atoms with van der Waals surface area (Å²) in [5, 5.41) is 10.7. The van der Waals surface area contributed by atoms with Gasteiger partial charge in [0.1, 0.15) is 11.4 Å². The Labute approximate surface area is 239 Å². The molecule has 0 aromatic heterocycles. The van der Waals surface area contributed by atoms with Crippen LogP contribution < -0.4 is 0 Å². The van der Waals surface area contributed by atoms with Gasteiger partial charge in [-0.2, -0.15) is 0 Å². The van der Waals surface area contributed by atoms with Gasteiger partial charge in [-0.25, -0.2) is 13.2 Å². The molecule has 0 unspecified atom stereocenters. The largest absolute Gasteiger partial charge is 0.508 e. The van der Waals surface area contributed by atoms with E-state index in [1.165, 1.54) is 12.1 Å². The summed E-state index contributed by atoms with van der Waals surface area (Å²) in [6.07, 6.45) is 4.59. The highest BCUT2D eigenvalue weighted by Crippen LogP contribution is 2.67. The van der Waals surface area contributed by atoms with Crippen molar-refractivity contribution in [3.05, 3.63) is 23.3 Å². The van der Waals surface area contributed by atoms with Gasteiger partial charge in [0, 0.05) is 31.7 Å². The van der Waals surface area contributed by atoms with Crippen molar-refractivity contribution in [1.82, 2.24) is 9.80 Å². The zero-order chi connectivity index (χ0) is 29.5. The summed E-state index contributed by atoms with van der Waals surface area (Å²) in [7, 11) is -3.72. The van der Waals surface area contributed by atoms with E-state index in [0.717, 1.165) is 32.1 Å². The summed E-state index contributed by atoms with van der Waals surface area (Å²) < 4.78 is 33.3. The van der Waals surface area contributed by atoms with E-state index in [0.29, 0.717) is 37.7 Å². The number of phenols is 1. The van der Waals surface area contributed by atoms with Gasteiger partial charge in [0.2, 0.25) is 0 Å². The van der Waals surface area contributed by atoms with Crippen molar-refractivity contribution in [2.24, 2.45) is 22.7 Å². The summed E-state index contributed by atoms with van der Waals surface area (Å²) >= 11 is 0. The van der Waals surface area contributed by atoms with Crippen LogP contribution in [0.25, 0.3) is 0 Å². The van der Waals surface area contributed by atoms with Crippen LogP contribution in [-0.2, 0) is 20.0 Å². The third-order valence-corrected chi connectivity index (χ3v) is 12.4. The van der Waals surface area contributed by atoms with E-state index in [2.05, 4.69) is 27.7 Å². The molecule has 1 N–H and O–H groups in total. The molecule has 2 saturated carbocycles. The first kappa shape index (κ1) is 29.2. The molecule has 2 aliphatic heterocycles. The molecule has 0 spiro atoms. The number of benzene rings is 1. The second-order valence-corrected chi connectivity index (χ2v) is 16.8. The molecule has 4 aliphatic rings. The first-order valence-corrected chi connectivity index (χ1v) is 16.4. The molecule has 8 nitrogen and oxygen atoms in total. The van der Waals surface area contributed by atoms with Gasteiger partial charge >= 0.3 is 6.09 Å². The Morgan fingerprint density at radius 3 is 2.20 bits per heavy atom. The predicted octanol–water partition coefficient (Wildman–Crippen LogP) is 5.37. The van der Waals surface area contributed by atoms with E-state index in [9.17, 15) is 23.1 Å². The molecule has 0 bridgehead atoms. The van der Waals surface area contributed by atoms with E-state index >= 15 is 0 Å². The van der Waals surface area contributed by atoms with Crippen LogP contribution >= 0.6 is 0 Å². The van der Waals surface area contributed by atoms with E-state index in [1.54, 1.807) is 9.80 Å². The van der Waals surface area contributed by atoms with Crippen LogP contribution in [0.5, 0.6) is 5.75 Å². The Morgan fingerprint density at radius 2 is 1.57 bits per heavy atom. The topological polar surface area (TPSA) is 104 Å². The Bertz CT molecular complexity index is 1320. The highest BCUT2D eigenvalue weighted by molar-refractivity contribution is 7.91. The smallest absolute Gasteiger partial charge is 0.410 e. The summed E-state index contributed by atoms with van der Waals surface area (Å²) in [5.74, 6) is -0.148. The van der Waals surface area contributed by atoms with Gasteiger partial charge in [0.25, 0.3) is 5.91 Å². The number of sulfone groups is 1. The average Bonchev–Trinajstić information content (AvgIpc) is 2.83. The standard InChI is InChI=1S/C31H46N2O6S/c1-28(2,3)39-27(36)33-15-13-32(14-16-33)26(35)21-17-20(34)18-22-25(21)31(7)12-9-23-29(4,5)10-8-11-30(23,6)24(31)19-40(22,37)38/h17-18,23-24,34H,8-16,19H2,1-7H3/t23-,24+,30-,31+/m0/s1. The number of hydrogen-bond acceptors (Lipinski definition) is 6. The third-order valence-electron chi connectivity index (χ3n) is 10.6. The number of nitrogens with zero attached hydrogens (tertiary/aromatic N) is 2. The fourth-order valence-corrected chi connectivity index (χ4v) is 11.1. The minimum absolute atomic E-state index is 0.0469. The maximum atomic E-state index is 14.1. The van der Waals surface area contributed by atoms with Crippen LogP contribution in [0.4, 0.5) is 4.79 Å². The molecular weight excluding hydrogens is 528 g/mol. The van der Waals surface area contributed by atoms with Crippen molar-refractivity contribution >= 4 is 21.8 Å². The minimum Gasteiger partial charge on any atom is -0.508 e. The Morgan fingerprint density at radius 1 is 0.950 bits per heavy atom. The number of carbonyl (C=O) groups is 2. The first-order chi connectivity index (χ1) is 18.4. The number of phenolic OH excluding ortho intramolecular Hbond substituents is 1. The summed E-state index contributed by atoms with van der Waals surface area (Å²) in [4.78, 5) is 30.0. The number of piperazine rings is 1. The lowest BCUT2D eigenvalue weighted by Gasteiger charge is -2.64. The van der Waals surface area contributed by atoms with E-state index < -0.39 is 26.9 Å². The molecule has 2 amide bonds. The minimum atomic E-state index is -3.72. The molecule has 222 valence electrons. The number of carbonyl (C=O) groups excluding carboxylic acids is 2. The van der Waals surface area contributed by atoms with Crippen LogP contribution in [-0.4, -0.2) is 72.9 Å². The van der Waals surface area contributed by atoms with Crippen molar-refractivity contribution in [2.45, 2.75) is 96.5 Å². The highest BCUT2D eigenvalue weighted by Gasteiger charge is 2.62. The molecule has 3 fully saturated rings. The monoisotopic (exact) mass is 574 g/mol. The zero-order valence-electron chi connectivity index (χ0n) is 25.2. The van der Waals surface area contributed by atoms with Crippen LogP contribution in [0.1, 0.15) is 96.5 Å². The average molecular weight is 575 g/mol. The molecular formula is C31H46N2O6S. The van der Waals surface area contributed by atoms with Gasteiger partial charge in [-0.1, -0.05) is 34.1 Å². The van der Waals surface area contributed by atoms with Gasteiger partial charge < -0.3 is 19.6 Å². The maximum Gasteiger partial charge on any atom is 0.410 e. The number of fused-ring (bicyclic) bond motifs is 5. The van der Waals surface area contributed by atoms with Crippen LogP contribution in [0.15, 0.2) is 17.0 Å². The number of aromatic hydroxyl groups is 1. The first-order valence-electron chi connectivity index (χ1n) is 14.8. The van der Waals surface area contributed by atoms with E-state index in [1.807, 2.05) is 20.8 Å². The molecule has 1 aromatic carbocycles. The highest BCUT2D eigenvalue weighted by atomic mass is 32.2. The second-order valence-electron chi connectivity index (χ2n) is 14.8. The lowest BCUT2D eigenvalue weighted by atomic mass is 9.42. The van der Waals surface area contributed by atoms with Crippen molar-refractivity contribution in [3.8, 4) is 5.75 Å². The normalized spacial score (nSPS) is 32.9. The molecule has 1 saturated heterocycles. The fourth-order valence-electron chi connectivity index (χ4n) is 8.83. The summed E-state index contributed by atoms with van der Waals surface area (Å²) in [6, 6.07) is 2.81. The molecule has 9 heteroatoms. The Kier molecular flexibility index (Phi) is 6.84. The molecule has 40 heavy (non-hydrogen) atoms. The Balaban J connectivity index is 1.51. The third kappa shape index (κ3) is 4.70. The quantitative estimate of drug-likeness (QED) is 0.484. The van der Waals surface area contributed by atoms with Crippen LogP contribution in [0.2, 0.25) is 0 Å². The Hall–Kier alpha value is -2.29. The molecule has 0 radical (unpaired) electrons. The van der Waals surface area contributed by atoms with Crippen molar-refractivity contribution in [3.63, 3.8) is 0 Å². The van der Waals surface area contributed by atoms with Crippen LogP contribution in [0.3, 0.4) is 0 Å². The molecule has 2 aliphatic carbocycles. The summed E-state index contributed by atoms with van der Waals surface area (Å²) in [5.41, 5.74) is -0.254. The number of amides is 2. The van der Waals surface area contributed by atoms with Crippen LogP contribution in [0, 0.1) is 22.7 Å². The van der Waals surface area contributed by atoms with Gasteiger partial charge in [-0.3, -0.25) is 4.79 Å². The van der Waals surface area contributed by atoms with Gasteiger partial charge in [0.05, 0.1) is 10.6 Å². The molecule has 1 aromatic rings. The number of rotatable bonds is 1. The van der Waals surface area contributed by atoms with Crippen molar-refractivity contribution in [1.29, 1.82) is 0 Å². The van der Waals surface area contributed by atoms with Gasteiger partial charge in [0.15, 0.2) is 9.84 Å². The maximum absolute atomic E-state index is 14.1. The second kappa shape index (κ2) is 9.36. The zero-order valence-corrected chi connectivity index (χ0v) is 26.0. The fraction of sp³-hybridized carbons (Fsp3) is 0.742. The van der Waals surface area contributed by atoms with Gasteiger partial charge in [-0.05, 0) is 92.2 Å². The molecule has 5 rings (SSSR count). The van der Waals surface area contributed by atoms with E-state index in [4.69, 9.17) is 4.74 Å². The SMILES string of the molecule is CC(C)(C)OC(=O)N1CCN(C(=O)c2cc(O)cc3c2[C@]2(C)CC[C@H]4C(C)(C)CCC[C@]4(C)[C@H]2CS3(=O)=O)CC1. The van der Waals surface area contributed by atoms with E-state index in [-0.39, 0.29) is 44.6 Å². The predicted molar refractivity (Wildman–Crippen MR) is 153 cm³/mol.